The summed E-state index contributed by atoms with van der Waals surface area (Å²) in [5, 5.41) is 7.89. The van der Waals surface area contributed by atoms with Crippen LogP contribution in [0.3, 0.4) is 0 Å². The van der Waals surface area contributed by atoms with Crippen molar-refractivity contribution >= 4 is 21.8 Å². The first-order chi connectivity index (χ1) is 2.91. The summed E-state index contributed by atoms with van der Waals surface area (Å²) in [5.41, 5.74) is 0. The molecule has 0 unspecified atom stereocenters. The average molecular weight is 125 g/mol. The van der Waals surface area contributed by atoms with E-state index in [-0.39, 0.29) is 0 Å². The minimum atomic E-state index is 1.01. The zero-order chi connectivity index (χ0) is 4.83. The van der Waals surface area contributed by atoms with Crippen molar-refractivity contribution in [3.63, 3.8) is 0 Å². The van der Waals surface area contributed by atoms with Crippen LogP contribution in [0.25, 0.3) is 0 Å². The molecule has 0 saturated carbocycles. The van der Waals surface area contributed by atoms with E-state index in [0.29, 0.717) is 0 Å². The van der Waals surface area contributed by atoms with E-state index in [0.717, 1.165) is 5.75 Å². The van der Waals surface area contributed by atoms with Crippen LogP contribution in [-0.4, -0.2) is 11.0 Å². The first-order valence-electron chi connectivity index (χ1n) is 1.59. The van der Waals surface area contributed by atoms with Crippen LogP contribution in [0.5, 0.6) is 0 Å². The maximum absolute atomic E-state index is 7.89. The van der Waals surface area contributed by atoms with Gasteiger partial charge in [0.05, 0.1) is 0 Å². The normalized spacial score (nSPS) is 9.00. The summed E-state index contributed by atoms with van der Waals surface area (Å²) in [6.45, 7) is 2.02. The molecule has 38 valence electrons. The molecule has 0 aliphatic heterocycles. The highest BCUT2D eigenvalue weighted by Gasteiger charge is 1.75. The summed E-state index contributed by atoms with van der Waals surface area (Å²) < 4.78 is 0. The molecule has 0 fully saturated rings. The topological polar surface area (TPSA) is 32.3 Å². The maximum atomic E-state index is 7.89. The predicted octanol–water partition coefficient (Wildman–Crippen LogP) is 1.28. The second-order valence-electron chi connectivity index (χ2n) is 0.581. The van der Waals surface area contributed by atoms with Gasteiger partial charge >= 0.3 is 0 Å². The Morgan fingerprint density at radius 1 is 1.83 bits per heavy atom. The third kappa shape index (κ3) is 4.62. The second kappa shape index (κ2) is 5.62. The summed E-state index contributed by atoms with van der Waals surface area (Å²) >= 11 is 0. The molecule has 2 nitrogen and oxygen atoms in total. The van der Waals surface area contributed by atoms with Crippen LogP contribution < -0.4 is 4.89 Å². The van der Waals surface area contributed by atoms with Crippen LogP contribution in [0.2, 0.25) is 0 Å². The molecular formula is C2H7NOS2. The molecule has 6 heavy (non-hydrogen) atoms. The van der Waals surface area contributed by atoms with E-state index < -0.39 is 0 Å². The van der Waals surface area contributed by atoms with E-state index in [4.69, 9.17) is 5.21 Å². The SMILES string of the molecule is CCSSNO. The Kier molecular flexibility index (Phi) is 6.20. The summed E-state index contributed by atoms with van der Waals surface area (Å²) in [7, 11) is 2.79. The maximum Gasteiger partial charge on any atom is 0.0144 e. The fourth-order valence-corrected chi connectivity index (χ4v) is 0.768. The van der Waals surface area contributed by atoms with Crippen molar-refractivity contribution in [2.75, 3.05) is 5.75 Å². The monoisotopic (exact) mass is 125 g/mol. The zero-order valence-electron chi connectivity index (χ0n) is 3.47. The number of hydrogen-bond donors (Lipinski definition) is 2. The predicted molar refractivity (Wildman–Crippen MR) is 30.6 cm³/mol. The van der Waals surface area contributed by atoms with Crippen LogP contribution in [0, 0.1) is 0 Å². The molecule has 2 N–H and O–H groups in total. The number of nitrogens with one attached hydrogen (secondary N) is 1. The smallest absolute Gasteiger partial charge is 0.0144 e. The first-order valence-corrected chi connectivity index (χ1v) is 3.91. The van der Waals surface area contributed by atoms with Gasteiger partial charge in [0.25, 0.3) is 0 Å². The Hall–Kier alpha value is 0.620. The lowest BCUT2D eigenvalue weighted by atomic mass is 11.0. The Morgan fingerprint density at radius 2 is 2.50 bits per heavy atom. The molecule has 0 bridgehead atoms. The fourth-order valence-electron chi connectivity index (χ4n) is 0.0853. The van der Waals surface area contributed by atoms with Gasteiger partial charge in [-0.25, -0.2) is 0 Å². The van der Waals surface area contributed by atoms with Gasteiger partial charge in [-0.05, 0) is 0 Å². The third-order valence-electron chi connectivity index (χ3n) is 0.214. The van der Waals surface area contributed by atoms with Gasteiger partial charge in [0, 0.05) is 16.7 Å². The van der Waals surface area contributed by atoms with Crippen molar-refractivity contribution in [2.24, 2.45) is 0 Å². The van der Waals surface area contributed by atoms with E-state index >= 15 is 0 Å². The molecular weight excluding hydrogens is 118 g/mol. The summed E-state index contributed by atoms with van der Waals surface area (Å²) in [5.74, 6) is 1.01. The Morgan fingerprint density at radius 3 is 2.67 bits per heavy atom. The van der Waals surface area contributed by atoms with Gasteiger partial charge in [-0.2, -0.15) is 0 Å². The minimum absolute atomic E-state index is 1.01. The molecule has 0 radical (unpaired) electrons. The second-order valence-corrected chi connectivity index (χ2v) is 2.95. The highest BCUT2D eigenvalue weighted by molar-refractivity contribution is 8.75. The Bertz CT molecular complexity index is 23.5. The molecule has 0 atom stereocenters. The largest absolute Gasteiger partial charge is 0.305 e. The van der Waals surface area contributed by atoms with Crippen molar-refractivity contribution in [2.45, 2.75) is 6.92 Å². The van der Waals surface area contributed by atoms with E-state index in [2.05, 4.69) is 0 Å². The Balaban J connectivity index is 2.34. The molecule has 0 spiro atoms. The van der Waals surface area contributed by atoms with Crippen molar-refractivity contribution in [1.82, 2.24) is 4.89 Å². The van der Waals surface area contributed by atoms with Crippen molar-refractivity contribution in [3.8, 4) is 0 Å². The number of rotatable bonds is 3. The minimum Gasteiger partial charge on any atom is -0.305 e. The average Bonchev–Trinajstić information content (AvgIpc) is 1.61. The standard InChI is InChI=1S/C2H7NOS2/c1-2-5-6-3-4/h3-4H,2H2,1H3. The highest BCUT2D eigenvalue weighted by Crippen LogP contribution is 2.13. The molecule has 0 aromatic rings. The molecule has 0 amide bonds. The van der Waals surface area contributed by atoms with Gasteiger partial charge in [0.15, 0.2) is 0 Å². The molecule has 0 aliphatic carbocycles. The molecule has 0 rings (SSSR count). The van der Waals surface area contributed by atoms with Crippen molar-refractivity contribution in [3.05, 3.63) is 0 Å². The summed E-state index contributed by atoms with van der Waals surface area (Å²) in [4.78, 5) is 1.95. The van der Waals surface area contributed by atoms with Crippen molar-refractivity contribution in [1.29, 1.82) is 0 Å². The molecule has 0 aromatic heterocycles. The third-order valence-corrected chi connectivity index (χ3v) is 1.93. The van der Waals surface area contributed by atoms with Crippen molar-refractivity contribution < 1.29 is 5.21 Å². The molecule has 0 saturated heterocycles. The molecule has 4 heteroatoms. The van der Waals surface area contributed by atoms with Crippen LogP contribution in [-0.2, 0) is 0 Å². The van der Waals surface area contributed by atoms with Gasteiger partial charge in [0.2, 0.25) is 0 Å². The van der Waals surface area contributed by atoms with Crippen LogP contribution in [0.1, 0.15) is 6.92 Å². The van der Waals surface area contributed by atoms with E-state index in [1.807, 2.05) is 11.8 Å². The van der Waals surface area contributed by atoms with Gasteiger partial charge in [0.1, 0.15) is 0 Å². The van der Waals surface area contributed by atoms with Crippen LogP contribution >= 0.6 is 21.8 Å². The van der Waals surface area contributed by atoms with E-state index in [9.17, 15) is 0 Å². The van der Waals surface area contributed by atoms with Crippen LogP contribution in [0.4, 0.5) is 0 Å². The lowest BCUT2D eigenvalue weighted by Crippen LogP contribution is -1.87. The molecule has 0 aliphatic rings. The fraction of sp³-hybridized carbons (Fsp3) is 1.00. The highest BCUT2D eigenvalue weighted by atomic mass is 33.1. The van der Waals surface area contributed by atoms with E-state index in [1.54, 1.807) is 10.8 Å². The van der Waals surface area contributed by atoms with Gasteiger partial charge in [-0.3, -0.25) is 0 Å². The van der Waals surface area contributed by atoms with Gasteiger partial charge in [-0.15, -0.1) is 4.89 Å². The van der Waals surface area contributed by atoms with Crippen LogP contribution in [0.15, 0.2) is 0 Å². The first kappa shape index (κ1) is 6.62. The van der Waals surface area contributed by atoms with E-state index in [1.165, 1.54) is 11.0 Å². The van der Waals surface area contributed by atoms with Gasteiger partial charge in [-0.1, -0.05) is 17.7 Å². The lowest BCUT2D eigenvalue weighted by molar-refractivity contribution is 0.260. The summed E-state index contributed by atoms with van der Waals surface area (Å²) in [6, 6.07) is 0. The molecule has 0 heterocycles. The quantitative estimate of drug-likeness (QED) is 0.257. The van der Waals surface area contributed by atoms with Gasteiger partial charge < -0.3 is 5.21 Å². The lowest BCUT2D eigenvalue weighted by Gasteiger charge is -1.87. The summed E-state index contributed by atoms with van der Waals surface area (Å²) in [6.07, 6.45) is 0. The molecule has 0 aromatic carbocycles. The Labute approximate surface area is 45.2 Å². The number of hydrogen-bond acceptors (Lipinski definition) is 4. The zero-order valence-corrected chi connectivity index (χ0v) is 5.10.